The maximum atomic E-state index is 5.52. The van der Waals surface area contributed by atoms with E-state index in [4.69, 9.17) is 4.74 Å². The fourth-order valence-electron chi connectivity index (χ4n) is 4.08. The van der Waals surface area contributed by atoms with E-state index in [1.165, 1.54) is 37.8 Å². The van der Waals surface area contributed by atoms with Crippen LogP contribution >= 0.6 is 0 Å². The molecule has 2 aromatic rings. The summed E-state index contributed by atoms with van der Waals surface area (Å²) in [5.74, 6) is 1.64. The Bertz CT molecular complexity index is 636. The van der Waals surface area contributed by atoms with Crippen LogP contribution in [-0.2, 0) is 11.3 Å². The molecule has 2 aliphatic heterocycles. The van der Waals surface area contributed by atoms with Gasteiger partial charge in [-0.3, -0.25) is 4.90 Å². The number of piperidine rings is 1. The van der Waals surface area contributed by atoms with Crippen molar-refractivity contribution in [3.63, 3.8) is 0 Å². The molecule has 3 heterocycles. The van der Waals surface area contributed by atoms with Crippen LogP contribution in [0.1, 0.15) is 43.0 Å². The van der Waals surface area contributed by atoms with Gasteiger partial charge in [-0.25, -0.2) is 0 Å². The number of likely N-dealkylation sites (tertiary alicyclic amines) is 1. The van der Waals surface area contributed by atoms with Gasteiger partial charge in [-0.2, -0.15) is 0 Å². The Hall–Kier alpha value is -1.72. The van der Waals surface area contributed by atoms with Crippen LogP contribution in [0.25, 0.3) is 0 Å². The summed E-state index contributed by atoms with van der Waals surface area (Å²) in [6, 6.07) is 11.3. The molecule has 1 atom stereocenters. The molecule has 4 rings (SSSR count). The van der Waals surface area contributed by atoms with Gasteiger partial charge in [0.2, 0.25) is 0 Å². The van der Waals surface area contributed by atoms with Gasteiger partial charge in [-0.15, -0.1) is 10.2 Å². The summed E-state index contributed by atoms with van der Waals surface area (Å²) in [4.78, 5) is 2.66. The molecule has 0 saturated carbocycles. The van der Waals surface area contributed by atoms with Crippen LogP contribution in [0.2, 0.25) is 0 Å². The zero-order chi connectivity index (χ0) is 16.2. The quantitative estimate of drug-likeness (QED) is 0.866. The van der Waals surface area contributed by atoms with Gasteiger partial charge in [0.15, 0.2) is 0 Å². The van der Waals surface area contributed by atoms with E-state index >= 15 is 0 Å². The maximum absolute atomic E-state index is 5.52. The largest absolute Gasteiger partial charge is 0.381 e. The summed E-state index contributed by atoms with van der Waals surface area (Å²) in [6.45, 7) is 5.01. The van der Waals surface area contributed by atoms with E-state index in [-0.39, 0.29) is 0 Å². The molecule has 0 radical (unpaired) electrons. The molecule has 0 spiro atoms. The zero-order valence-corrected chi connectivity index (χ0v) is 14.2. The first-order valence-electron chi connectivity index (χ1n) is 9.13. The van der Waals surface area contributed by atoms with E-state index in [1.54, 1.807) is 0 Å². The monoisotopic (exact) mass is 326 g/mol. The highest BCUT2D eigenvalue weighted by molar-refractivity contribution is 5.16. The number of hydrogen-bond acceptors (Lipinski definition) is 4. The Morgan fingerprint density at radius 3 is 2.75 bits per heavy atom. The molecule has 2 fully saturated rings. The lowest BCUT2D eigenvalue weighted by molar-refractivity contribution is 0.0233. The molecule has 2 saturated heterocycles. The number of hydrogen-bond donors (Lipinski definition) is 0. The Balaban J connectivity index is 1.46. The van der Waals surface area contributed by atoms with Gasteiger partial charge < -0.3 is 9.30 Å². The molecule has 24 heavy (non-hydrogen) atoms. The number of ether oxygens (including phenoxy) is 1. The van der Waals surface area contributed by atoms with Crippen LogP contribution in [0, 0.1) is 0 Å². The average Bonchev–Trinajstić information content (AvgIpc) is 3.12. The number of rotatable bonds is 4. The Labute approximate surface area is 143 Å². The highest BCUT2D eigenvalue weighted by Crippen LogP contribution is 2.29. The van der Waals surface area contributed by atoms with Crippen LogP contribution < -0.4 is 0 Å². The number of aromatic nitrogens is 3. The minimum Gasteiger partial charge on any atom is -0.381 e. The van der Waals surface area contributed by atoms with Crippen LogP contribution in [0.15, 0.2) is 36.7 Å². The van der Waals surface area contributed by atoms with Crippen molar-refractivity contribution >= 4 is 0 Å². The molecule has 1 unspecified atom stereocenters. The minimum absolute atomic E-state index is 0.493. The smallest absolute Gasteiger partial charge is 0.137 e. The van der Waals surface area contributed by atoms with Crippen molar-refractivity contribution in [2.45, 2.75) is 44.2 Å². The second kappa shape index (κ2) is 7.45. The minimum atomic E-state index is 0.493. The van der Waals surface area contributed by atoms with Gasteiger partial charge in [0.05, 0.1) is 6.54 Å². The molecule has 5 heteroatoms. The standard InChI is InChI=1S/C19H26N4O/c1-2-5-16(6-3-1)13-23-15-20-21-19(23)17-7-4-10-22(14-17)18-8-11-24-12-9-18/h1-3,5-6,15,17-18H,4,7-14H2. The van der Waals surface area contributed by atoms with Crippen molar-refractivity contribution in [2.75, 3.05) is 26.3 Å². The molecule has 5 nitrogen and oxygen atoms in total. The van der Waals surface area contributed by atoms with E-state index < -0.39 is 0 Å². The van der Waals surface area contributed by atoms with Crippen molar-refractivity contribution < 1.29 is 4.74 Å². The zero-order valence-electron chi connectivity index (χ0n) is 14.2. The van der Waals surface area contributed by atoms with Crippen molar-refractivity contribution in [1.29, 1.82) is 0 Å². The molecular weight excluding hydrogens is 300 g/mol. The lowest BCUT2D eigenvalue weighted by atomic mass is 9.94. The molecule has 1 aromatic heterocycles. The Morgan fingerprint density at radius 1 is 1.08 bits per heavy atom. The highest BCUT2D eigenvalue weighted by atomic mass is 16.5. The fourth-order valence-corrected chi connectivity index (χ4v) is 4.08. The van der Waals surface area contributed by atoms with E-state index in [2.05, 4.69) is 50.0 Å². The summed E-state index contributed by atoms with van der Waals surface area (Å²) < 4.78 is 7.75. The highest BCUT2D eigenvalue weighted by Gasteiger charge is 2.30. The maximum Gasteiger partial charge on any atom is 0.137 e. The predicted molar refractivity (Wildman–Crippen MR) is 93.0 cm³/mol. The summed E-state index contributed by atoms with van der Waals surface area (Å²) in [5, 5.41) is 8.68. The molecular formula is C19H26N4O. The van der Waals surface area contributed by atoms with Crippen molar-refractivity contribution in [3.05, 3.63) is 48.0 Å². The van der Waals surface area contributed by atoms with Gasteiger partial charge in [-0.1, -0.05) is 30.3 Å². The number of nitrogens with zero attached hydrogens (tertiary/aromatic N) is 4. The summed E-state index contributed by atoms with van der Waals surface area (Å²) in [6.07, 6.45) is 6.69. The van der Waals surface area contributed by atoms with E-state index in [0.29, 0.717) is 12.0 Å². The molecule has 0 aliphatic carbocycles. The van der Waals surface area contributed by atoms with Crippen LogP contribution in [0.5, 0.6) is 0 Å². The van der Waals surface area contributed by atoms with Crippen molar-refractivity contribution in [3.8, 4) is 0 Å². The third-order valence-electron chi connectivity index (χ3n) is 5.37. The topological polar surface area (TPSA) is 43.2 Å². The fraction of sp³-hybridized carbons (Fsp3) is 0.579. The van der Waals surface area contributed by atoms with Crippen molar-refractivity contribution in [2.24, 2.45) is 0 Å². The lowest BCUT2D eigenvalue weighted by Gasteiger charge is -2.39. The van der Waals surface area contributed by atoms with Gasteiger partial charge >= 0.3 is 0 Å². The first-order chi connectivity index (χ1) is 11.9. The lowest BCUT2D eigenvalue weighted by Crippen LogP contribution is -2.45. The molecule has 1 aromatic carbocycles. The second-order valence-corrected chi connectivity index (χ2v) is 6.98. The molecule has 2 aliphatic rings. The molecule has 0 amide bonds. The Kier molecular flexibility index (Phi) is 4.90. The van der Waals surface area contributed by atoms with Gasteiger partial charge in [0, 0.05) is 31.7 Å². The molecule has 0 N–H and O–H groups in total. The molecule has 0 bridgehead atoms. The third kappa shape index (κ3) is 3.52. The summed E-state index contributed by atoms with van der Waals surface area (Å²) >= 11 is 0. The molecule has 128 valence electrons. The predicted octanol–water partition coefficient (Wildman–Crippen LogP) is 2.68. The van der Waals surface area contributed by atoms with Gasteiger partial charge in [0.25, 0.3) is 0 Å². The average molecular weight is 326 g/mol. The van der Waals surface area contributed by atoms with Gasteiger partial charge in [0.1, 0.15) is 12.2 Å². The van der Waals surface area contributed by atoms with Crippen molar-refractivity contribution in [1.82, 2.24) is 19.7 Å². The first kappa shape index (κ1) is 15.8. The third-order valence-corrected chi connectivity index (χ3v) is 5.37. The van der Waals surface area contributed by atoms with Crippen LogP contribution in [0.4, 0.5) is 0 Å². The summed E-state index contributed by atoms with van der Waals surface area (Å²) in [5.41, 5.74) is 1.30. The number of benzene rings is 1. The summed E-state index contributed by atoms with van der Waals surface area (Å²) in [7, 11) is 0. The van der Waals surface area contributed by atoms with Crippen LogP contribution in [-0.4, -0.2) is 52.0 Å². The van der Waals surface area contributed by atoms with E-state index in [9.17, 15) is 0 Å². The SMILES string of the molecule is c1ccc(Cn2cnnc2C2CCCN(C3CCOCC3)C2)cc1. The second-order valence-electron chi connectivity index (χ2n) is 6.98. The van der Waals surface area contributed by atoms with Gasteiger partial charge in [-0.05, 0) is 37.8 Å². The first-order valence-corrected chi connectivity index (χ1v) is 9.13. The Morgan fingerprint density at radius 2 is 1.92 bits per heavy atom. The normalized spacial score (nSPS) is 23.4. The van der Waals surface area contributed by atoms with E-state index in [1.807, 2.05) is 6.33 Å². The van der Waals surface area contributed by atoms with E-state index in [0.717, 1.165) is 32.1 Å². The van der Waals surface area contributed by atoms with Crippen LogP contribution in [0.3, 0.4) is 0 Å².